The number of amides is 1. The number of carbonyl (C=O) groups is 1. The summed E-state index contributed by atoms with van der Waals surface area (Å²) in [5, 5.41) is 5.81. The van der Waals surface area contributed by atoms with Gasteiger partial charge in [0.1, 0.15) is 6.04 Å². The molecule has 2 fully saturated rings. The van der Waals surface area contributed by atoms with Crippen LogP contribution in [-0.2, 0) is 4.79 Å². The second-order valence-corrected chi connectivity index (χ2v) is 3.12. The van der Waals surface area contributed by atoms with Crippen molar-refractivity contribution in [3.63, 3.8) is 0 Å². The van der Waals surface area contributed by atoms with Crippen LogP contribution < -0.4 is 10.6 Å². The third-order valence-electron chi connectivity index (χ3n) is 2.28. The highest BCUT2D eigenvalue weighted by molar-refractivity contribution is 5.85. The summed E-state index contributed by atoms with van der Waals surface area (Å²) in [5.41, 5.74) is 0. The fraction of sp³-hybridized carbons (Fsp3) is 0.857. The van der Waals surface area contributed by atoms with Gasteiger partial charge in [-0.05, 0) is 18.8 Å². The summed E-state index contributed by atoms with van der Waals surface area (Å²) in [7, 11) is 1.69. The molecule has 0 aromatic carbocycles. The van der Waals surface area contributed by atoms with E-state index in [9.17, 15) is 4.79 Å². The summed E-state index contributed by atoms with van der Waals surface area (Å²) in [6.45, 7) is 0. The average molecular weight is 140 g/mol. The van der Waals surface area contributed by atoms with Gasteiger partial charge in [0.05, 0.1) is 0 Å². The van der Waals surface area contributed by atoms with Crippen molar-refractivity contribution in [1.29, 1.82) is 0 Å². The van der Waals surface area contributed by atoms with Crippen LogP contribution in [0, 0.1) is 5.92 Å². The zero-order valence-corrected chi connectivity index (χ0v) is 6.05. The zero-order chi connectivity index (χ0) is 7.14. The number of rotatable bonds is 2. The molecular weight excluding hydrogens is 128 g/mol. The summed E-state index contributed by atoms with van der Waals surface area (Å²) in [6, 6.07) is 0.650. The standard InChI is InChI=1S/C7H12N2O/c1-8-7(10)6-5(9-6)4-2-3-4/h4-6,9H,2-3H2,1H3,(H,8,10)/t5-,6+/m0/s1. The molecule has 0 spiro atoms. The zero-order valence-electron chi connectivity index (χ0n) is 6.05. The Hall–Kier alpha value is -0.570. The van der Waals surface area contributed by atoms with Gasteiger partial charge in [-0.25, -0.2) is 0 Å². The third-order valence-corrected chi connectivity index (χ3v) is 2.28. The fourth-order valence-corrected chi connectivity index (χ4v) is 1.41. The van der Waals surface area contributed by atoms with Crippen LogP contribution in [0.25, 0.3) is 0 Å². The van der Waals surface area contributed by atoms with Crippen molar-refractivity contribution in [1.82, 2.24) is 10.6 Å². The molecule has 0 unspecified atom stereocenters. The topological polar surface area (TPSA) is 51.0 Å². The maximum atomic E-state index is 10.9. The smallest absolute Gasteiger partial charge is 0.238 e. The van der Waals surface area contributed by atoms with Crippen molar-refractivity contribution in [3.8, 4) is 0 Å². The molecule has 56 valence electrons. The van der Waals surface area contributed by atoms with Crippen molar-refractivity contribution < 1.29 is 4.79 Å². The predicted molar refractivity (Wildman–Crippen MR) is 37.5 cm³/mol. The van der Waals surface area contributed by atoms with Crippen LogP contribution in [-0.4, -0.2) is 25.0 Å². The molecule has 0 bridgehead atoms. The highest BCUT2D eigenvalue weighted by Gasteiger charge is 2.50. The van der Waals surface area contributed by atoms with Crippen molar-refractivity contribution in [2.45, 2.75) is 24.9 Å². The molecule has 1 amide bonds. The van der Waals surface area contributed by atoms with Gasteiger partial charge in [0, 0.05) is 13.1 Å². The van der Waals surface area contributed by atoms with E-state index in [4.69, 9.17) is 0 Å². The van der Waals surface area contributed by atoms with E-state index in [1.54, 1.807) is 7.05 Å². The first kappa shape index (κ1) is 6.16. The van der Waals surface area contributed by atoms with E-state index >= 15 is 0 Å². The number of likely N-dealkylation sites (N-methyl/N-ethyl adjacent to an activating group) is 1. The molecule has 1 aliphatic heterocycles. The van der Waals surface area contributed by atoms with Crippen molar-refractivity contribution in [2.24, 2.45) is 5.92 Å². The lowest BCUT2D eigenvalue weighted by molar-refractivity contribution is -0.120. The summed E-state index contributed by atoms with van der Waals surface area (Å²) in [5.74, 6) is 0.958. The molecule has 1 saturated heterocycles. The Morgan fingerprint density at radius 3 is 2.80 bits per heavy atom. The highest BCUT2D eigenvalue weighted by Crippen LogP contribution is 2.39. The minimum atomic E-state index is 0.137. The molecule has 1 saturated carbocycles. The Morgan fingerprint density at radius 1 is 1.60 bits per heavy atom. The molecule has 1 heterocycles. The van der Waals surface area contributed by atoms with E-state index in [2.05, 4.69) is 10.6 Å². The number of hydrogen-bond acceptors (Lipinski definition) is 2. The van der Waals surface area contributed by atoms with Crippen LogP contribution >= 0.6 is 0 Å². The molecule has 0 aromatic rings. The number of hydrogen-bond donors (Lipinski definition) is 2. The molecule has 2 atom stereocenters. The Balaban J connectivity index is 1.82. The molecular formula is C7H12N2O. The summed E-state index contributed by atoms with van der Waals surface area (Å²) >= 11 is 0. The summed E-state index contributed by atoms with van der Waals surface area (Å²) in [4.78, 5) is 10.9. The predicted octanol–water partition coefficient (Wildman–Crippen LogP) is -0.517. The van der Waals surface area contributed by atoms with Crippen LogP contribution in [0.15, 0.2) is 0 Å². The lowest BCUT2D eigenvalue weighted by atomic mass is 10.2. The molecule has 0 radical (unpaired) electrons. The minimum Gasteiger partial charge on any atom is -0.358 e. The van der Waals surface area contributed by atoms with Crippen LogP contribution in [0.2, 0.25) is 0 Å². The van der Waals surface area contributed by atoms with Crippen LogP contribution in [0.1, 0.15) is 12.8 Å². The normalized spacial score (nSPS) is 37.3. The van der Waals surface area contributed by atoms with E-state index in [0.29, 0.717) is 6.04 Å². The molecule has 10 heavy (non-hydrogen) atoms. The van der Waals surface area contributed by atoms with Crippen LogP contribution in [0.4, 0.5) is 0 Å². The largest absolute Gasteiger partial charge is 0.358 e. The minimum absolute atomic E-state index is 0.137. The van der Waals surface area contributed by atoms with Gasteiger partial charge in [0.15, 0.2) is 0 Å². The van der Waals surface area contributed by atoms with Gasteiger partial charge in [-0.3, -0.25) is 10.1 Å². The summed E-state index contributed by atoms with van der Waals surface area (Å²) in [6.07, 6.45) is 2.62. The van der Waals surface area contributed by atoms with Gasteiger partial charge in [-0.2, -0.15) is 0 Å². The Morgan fingerprint density at radius 2 is 2.30 bits per heavy atom. The van der Waals surface area contributed by atoms with Crippen molar-refractivity contribution >= 4 is 5.91 Å². The van der Waals surface area contributed by atoms with E-state index in [-0.39, 0.29) is 11.9 Å². The second kappa shape index (κ2) is 1.95. The number of carbonyl (C=O) groups excluding carboxylic acids is 1. The van der Waals surface area contributed by atoms with Gasteiger partial charge in [0.25, 0.3) is 0 Å². The van der Waals surface area contributed by atoms with E-state index < -0.39 is 0 Å². The first-order valence-electron chi connectivity index (χ1n) is 3.80. The maximum Gasteiger partial charge on any atom is 0.238 e. The monoisotopic (exact) mass is 140 g/mol. The van der Waals surface area contributed by atoms with E-state index in [1.807, 2.05) is 0 Å². The summed E-state index contributed by atoms with van der Waals surface area (Å²) < 4.78 is 0. The van der Waals surface area contributed by atoms with Gasteiger partial charge >= 0.3 is 0 Å². The first-order chi connectivity index (χ1) is 4.83. The average Bonchev–Trinajstić information content (AvgIpc) is 2.74. The maximum absolute atomic E-state index is 10.9. The Kier molecular flexibility index (Phi) is 1.20. The van der Waals surface area contributed by atoms with Gasteiger partial charge in [-0.15, -0.1) is 0 Å². The molecule has 3 heteroatoms. The molecule has 2 rings (SSSR count). The molecule has 2 aliphatic rings. The Bertz CT molecular complexity index is 165. The second-order valence-electron chi connectivity index (χ2n) is 3.12. The fourth-order valence-electron chi connectivity index (χ4n) is 1.41. The van der Waals surface area contributed by atoms with Gasteiger partial charge in [0.2, 0.25) is 5.91 Å². The van der Waals surface area contributed by atoms with Crippen LogP contribution in [0.5, 0.6) is 0 Å². The molecule has 2 N–H and O–H groups in total. The molecule has 1 aliphatic carbocycles. The SMILES string of the molecule is CNC(=O)[C@@H]1N[C@H]1C1CC1. The quantitative estimate of drug-likeness (QED) is 0.507. The van der Waals surface area contributed by atoms with Crippen molar-refractivity contribution in [3.05, 3.63) is 0 Å². The Labute approximate surface area is 60.2 Å². The van der Waals surface area contributed by atoms with Crippen LogP contribution in [0.3, 0.4) is 0 Å². The molecule has 0 aromatic heterocycles. The first-order valence-corrected chi connectivity index (χ1v) is 3.80. The lowest BCUT2D eigenvalue weighted by Crippen LogP contribution is -2.26. The lowest BCUT2D eigenvalue weighted by Gasteiger charge is -1.92. The van der Waals surface area contributed by atoms with E-state index in [1.165, 1.54) is 12.8 Å². The van der Waals surface area contributed by atoms with Gasteiger partial charge < -0.3 is 5.32 Å². The van der Waals surface area contributed by atoms with Crippen molar-refractivity contribution in [2.75, 3.05) is 7.05 Å². The third kappa shape index (κ3) is 0.904. The van der Waals surface area contributed by atoms with E-state index in [0.717, 1.165) is 5.92 Å². The number of nitrogens with one attached hydrogen (secondary N) is 2. The highest BCUT2D eigenvalue weighted by atomic mass is 16.2. The van der Waals surface area contributed by atoms with Gasteiger partial charge in [-0.1, -0.05) is 0 Å². The molecule has 3 nitrogen and oxygen atoms in total.